The van der Waals surface area contributed by atoms with Gasteiger partial charge in [-0.15, -0.1) is 0 Å². The first kappa shape index (κ1) is 23.6. The van der Waals surface area contributed by atoms with E-state index in [1.165, 1.54) is 23.0 Å². The van der Waals surface area contributed by atoms with Crippen molar-refractivity contribution in [2.45, 2.75) is 18.8 Å². The van der Waals surface area contributed by atoms with Gasteiger partial charge >= 0.3 is 6.18 Å². The summed E-state index contributed by atoms with van der Waals surface area (Å²) >= 11 is 6.34. The van der Waals surface area contributed by atoms with Crippen LogP contribution in [0.3, 0.4) is 0 Å². The lowest BCUT2D eigenvalue weighted by atomic mass is 10.1. The van der Waals surface area contributed by atoms with E-state index in [1.807, 2.05) is 0 Å². The molecular formula is C22H17ClF3N9O. The molecule has 10 nitrogen and oxygen atoms in total. The Labute approximate surface area is 206 Å². The Morgan fingerprint density at radius 1 is 1.31 bits per heavy atom. The first-order valence-electron chi connectivity index (χ1n) is 10.6. The van der Waals surface area contributed by atoms with Crippen molar-refractivity contribution in [1.29, 1.82) is 5.26 Å². The van der Waals surface area contributed by atoms with Crippen LogP contribution in [-0.2, 0) is 12.7 Å². The molecule has 1 aliphatic heterocycles. The molecule has 1 amide bonds. The van der Waals surface area contributed by atoms with Gasteiger partial charge < -0.3 is 16.0 Å². The van der Waals surface area contributed by atoms with Gasteiger partial charge in [0.1, 0.15) is 6.54 Å². The van der Waals surface area contributed by atoms with Crippen LogP contribution in [-0.4, -0.2) is 54.1 Å². The number of nitrogens with zero attached hydrogens (tertiary/aromatic N) is 7. The second-order valence-corrected chi connectivity index (χ2v) is 8.55. The molecule has 0 unspecified atom stereocenters. The number of carbonyl (C=O) groups is 1. The number of aromatic nitrogens is 5. The number of nitrogens with one attached hydrogen (secondary N) is 1. The third kappa shape index (κ3) is 4.21. The quantitative estimate of drug-likeness (QED) is 0.417. The number of halogens is 4. The molecule has 4 heterocycles. The highest BCUT2D eigenvalue weighted by Crippen LogP contribution is 2.37. The molecule has 184 valence electrons. The van der Waals surface area contributed by atoms with E-state index in [0.717, 1.165) is 10.9 Å². The summed E-state index contributed by atoms with van der Waals surface area (Å²) in [6.07, 6.45) is 0.573. The van der Waals surface area contributed by atoms with E-state index < -0.39 is 11.9 Å². The second kappa shape index (κ2) is 8.81. The van der Waals surface area contributed by atoms with E-state index in [4.69, 9.17) is 22.6 Å². The number of amides is 1. The monoisotopic (exact) mass is 515 g/mol. The summed E-state index contributed by atoms with van der Waals surface area (Å²) in [5.74, 6) is 0.0365. The molecule has 0 bridgehead atoms. The van der Waals surface area contributed by atoms with E-state index in [-0.39, 0.29) is 46.2 Å². The van der Waals surface area contributed by atoms with Crippen LogP contribution < -0.4 is 11.1 Å². The maximum absolute atomic E-state index is 13.6. The van der Waals surface area contributed by atoms with Crippen LogP contribution in [0.4, 0.5) is 24.7 Å². The number of alkyl halides is 3. The van der Waals surface area contributed by atoms with E-state index in [2.05, 4.69) is 20.4 Å². The van der Waals surface area contributed by atoms with Gasteiger partial charge in [-0.2, -0.15) is 23.5 Å². The van der Waals surface area contributed by atoms with Crippen molar-refractivity contribution in [3.05, 3.63) is 59.3 Å². The fraction of sp³-hybridized carbons (Fsp3) is 0.227. The number of carbonyl (C=O) groups excluding carboxylic acids is 1. The molecule has 3 aromatic heterocycles. The maximum atomic E-state index is 13.6. The number of fused-ring (bicyclic) bond motifs is 1. The summed E-state index contributed by atoms with van der Waals surface area (Å²) in [6.45, 7) is 0.599. The highest BCUT2D eigenvalue weighted by atomic mass is 35.5. The summed E-state index contributed by atoms with van der Waals surface area (Å²) in [6, 6.07) is 6.51. The zero-order chi connectivity index (χ0) is 25.6. The minimum Gasteiger partial charge on any atom is -0.337 e. The van der Waals surface area contributed by atoms with Gasteiger partial charge in [0.2, 0.25) is 0 Å². The van der Waals surface area contributed by atoms with Crippen molar-refractivity contribution >= 4 is 34.7 Å². The topological polar surface area (TPSA) is 130 Å². The summed E-state index contributed by atoms with van der Waals surface area (Å²) in [5.41, 5.74) is 5.59. The lowest BCUT2D eigenvalue weighted by Gasteiger charge is -2.37. The molecule has 3 N–H and O–H groups in total. The normalized spacial score (nSPS) is 14.1. The van der Waals surface area contributed by atoms with Crippen molar-refractivity contribution in [3.63, 3.8) is 0 Å². The molecule has 1 aliphatic rings. The van der Waals surface area contributed by atoms with E-state index in [9.17, 15) is 18.0 Å². The molecule has 0 radical (unpaired) electrons. The fourth-order valence-electron chi connectivity index (χ4n) is 3.93. The molecule has 0 spiro atoms. The van der Waals surface area contributed by atoms with E-state index in [1.54, 1.807) is 29.2 Å². The summed E-state index contributed by atoms with van der Waals surface area (Å²) < 4.78 is 43.2. The largest absolute Gasteiger partial charge is 0.435 e. The fourth-order valence-corrected chi connectivity index (χ4v) is 4.19. The van der Waals surface area contributed by atoms with Gasteiger partial charge in [0.05, 0.1) is 34.1 Å². The van der Waals surface area contributed by atoms with Crippen LogP contribution in [0, 0.1) is 11.3 Å². The zero-order valence-electron chi connectivity index (χ0n) is 18.4. The van der Waals surface area contributed by atoms with Gasteiger partial charge in [-0.3, -0.25) is 13.9 Å². The molecule has 0 aliphatic carbocycles. The third-order valence-electron chi connectivity index (χ3n) is 5.63. The summed E-state index contributed by atoms with van der Waals surface area (Å²) in [5, 5.41) is 15.7. The molecule has 14 heteroatoms. The van der Waals surface area contributed by atoms with Gasteiger partial charge in [0.25, 0.3) is 5.91 Å². The van der Waals surface area contributed by atoms with E-state index in [0.29, 0.717) is 24.3 Å². The zero-order valence-corrected chi connectivity index (χ0v) is 19.1. The number of imidazole rings is 1. The molecule has 36 heavy (non-hydrogen) atoms. The predicted molar refractivity (Wildman–Crippen MR) is 123 cm³/mol. The van der Waals surface area contributed by atoms with E-state index >= 15 is 0 Å². The van der Waals surface area contributed by atoms with Crippen LogP contribution >= 0.6 is 11.6 Å². The van der Waals surface area contributed by atoms with Crippen LogP contribution in [0.25, 0.3) is 16.9 Å². The molecule has 0 atom stereocenters. The number of benzene rings is 1. The predicted octanol–water partition coefficient (Wildman–Crippen LogP) is 3.32. The van der Waals surface area contributed by atoms with Gasteiger partial charge in [-0.25, -0.2) is 9.97 Å². The van der Waals surface area contributed by atoms with Crippen LogP contribution in [0.15, 0.2) is 43.0 Å². The van der Waals surface area contributed by atoms with Crippen molar-refractivity contribution in [2.24, 2.45) is 5.73 Å². The molecule has 1 saturated heterocycles. The third-order valence-corrected chi connectivity index (χ3v) is 5.94. The second-order valence-electron chi connectivity index (χ2n) is 8.15. The molecule has 5 rings (SSSR count). The number of anilines is 2. The number of likely N-dealkylation sites (tertiary alicyclic amines) is 1. The van der Waals surface area contributed by atoms with Gasteiger partial charge in [-0.1, -0.05) is 11.6 Å². The minimum absolute atomic E-state index is 0.0347. The molecule has 1 aromatic carbocycles. The number of hydrogen-bond acceptors (Lipinski definition) is 7. The minimum atomic E-state index is -4.73. The van der Waals surface area contributed by atoms with Gasteiger partial charge in [0, 0.05) is 43.4 Å². The maximum Gasteiger partial charge on any atom is 0.435 e. The first-order chi connectivity index (χ1) is 17.2. The molecule has 1 fully saturated rings. The van der Waals surface area contributed by atoms with Crippen molar-refractivity contribution in [3.8, 4) is 17.3 Å². The molecular weight excluding hydrogens is 499 g/mol. The lowest BCUT2D eigenvalue weighted by molar-refractivity contribution is -0.141. The Hall–Kier alpha value is -4.15. The molecule has 4 aromatic rings. The highest BCUT2D eigenvalue weighted by molar-refractivity contribution is 6.34. The standard InChI is InChI=1S/C22H17ClF3N9O/c23-16-7-13(1-2-14(16)21(36)33-9-12(28)10-33)31-19-20-30-8-17(35(20)6-4-29-19)15-11-34(5-3-27)32-18(15)22(24,25)26/h1-2,4,6-8,11-12H,5,9-10,28H2,(H,29,31). The van der Waals surface area contributed by atoms with Gasteiger partial charge in [0.15, 0.2) is 17.2 Å². The lowest BCUT2D eigenvalue weighted by Crippen LogP contribution is -2.57. The molecule has 0 saturated carbocycles. The Kier molecular flexibility index (Phi) is 5.77. The Morgan fingerprint density at radius 3 is 2.75 bits per heavy atom. The average Bonchev–Trinajstić information content (AvgIpc) is 3.42. The van der Waals surface area contributed by atoms with Crippen LogP contribution in [0.2, 0.25) is 5.02 Å². The summed E-state index contributed by atoms with van der Waals surface area (Å²) in [4.78, 5) is 22.6. The Morgan fingerprint density at radius 2 is 2.08 bits per heavy atom. The van der Waals surface area contributed by atoms with Crippen molar-refractivity contribution in [1.82, 2.24) is 29.0 Å². The summed E-state index contributed by atoms with van der Waals surface area (Å²) in [7, 11) is 0. The highest BCUT2D eigenvalue weighted by Gasteiger charge is 2.38. The van der Waals surface area contributed by atoms with Crippen LogP contribution in [0.5, 0.6) is 0 Å². The van der Waals surface area contributed by atoms with Crippen molar-refractivity contribution in [2.75, 3.05) is 18.4 Å². The Balaban J connectivity index is 1.47. The smallest absolute Gasteiger partial charge is 0.337 e. The van der Waals surface area contributed by atoms with Crippen LogP contribution in [0.1, 0.15) is 16.1 Å². The SMILES string of the molecule is N#CCn1cc(-c2cnc3c(Nc4ccc(C(=O)N5CC(N)C5)c(Cl)c4)nccn23)c(C(F)(F)F)n1. The number of nitriles is 1. The number of nitrogens with two attached hydrogens (primary N) is 1. The number of rotatable bonds is 5. The number of hydrogen-bond donors (Lipinski definition) is 2. The first-order valence-corrected chi connectivity index (χ1v) is 11.0. The average molecular weight is 516 g/mol. The van der Waals surface area contributed by atoms with Crippen molar-refractivity contribution < 1.29 is 18.0 Å². The Bertz CT molecular complexity index is 1520. The van der Waals surface area contributed by atoms with Gasteiger partial charge in [-0.05, 0) is 18.2 Å².